The number of nitrogens with two attached hydrogens (primary N) is 1. The van der Waals surface area contributed by atoms with E-state index in [0.717, 1.165) is 6.42 Å². The Morgan fingerprint density at radius 3 is 2.67 bits per heavy atom. The van der Waals surface area contributed by atoms with Crippen LogP contribution in [0.1, 0.15) is 42.2 Å². The van der Waals surface area contributed by atoms with Gasteiger partial charge >= 0.3 is 0 Å². The standard InChI is InChI=1S/C20H22FNO2/c1-2-24-20-15(11-14-5-3-4-6-17(14)20)12-18(23)19(22)13-7-9-16(21)10-8-13/h3-10,15,19-20H,2,11-12,22H2,1H3/t15?,19-,20?/m0/s1. The lowest BCUT2D eigenvalue weighted by Crippen LogP contribution is -2.25. The molecule has 4 heteroatoms. The fraction of sp³-hybridized carbons (Fsp3) is 0.350. The minimum absolute atomic E-state index is 0.0379. The Morgan fingerprint density at radius 1 is 1.25 bits per heavy atom. The number of Topliss-reactive ketones (excluding diaryl/α,β-unsaturated/α-hetero) is 1. The number of halogens is 1. The number of carbonyl (C=O) groups is 1. The fourth-order valence-corrected chi connectivity index (χ4v) is 3.47. The van der Waals surface area contributed by atoms with Gasteiger partial charge in [-0.15, -0.1) is 0 Å². The maximum Gasteiger partial charge on any atom is 0.154 e. The maximum atomic E-state index is 13.0. The largest absolute Gasteiger partial charge is 0.373 e. The first kappa shape index (κ1) is 16.8. The quantitative estimate of drug-likeness (QED) is 0.879. The second-order valence-electron chi connectivity index (χ2n) is 6.24. The van der Waals surface area contributed by atoms with Crippen molar-refractivity contribution in [3.8, 4) is 0 Å². The highest BCUT2D eigenvalue weighted by Crippen LogP contribution is 2.41. The zero-order chi connectivity index (χ0) is 17.1. The number of fused-ring (bicyclic) bond motifs is 1. The predicted octanol–water partition coefficient (Wildman–Crippen LogP) is 3.73. The third kappa shape index (κ3) is 3.40. The van der Waals surface area contributed by atoms with Crippen LogP contribution < -0.4 is 5.73 Å². The minimum Gasteiger partial charge on any atom is -0.373 e. The van der Waals surface area contributed by atoms with Crippen LogP contribution in [0.4, 0.5) is 4.39 Å². The third-order valence-electron chi connectivity index (χ3n) is 4.66. The number of carbonyl (C=O) groups excluding carboxylic acids is 1. The van der Waals surface area contributed by atoms with E-state index in [1.807, 2.05) is 19.1 Å². The van der Waals surface area contributed by atoms with Gasteiger partial charge in [-0.3, -0.25) is 4.79 Å². The molecule has 3 nitrogen and oxygen atoms in total. The second-order valence-corrected chi connectivity index (χ2v) is 6.24. The summed E-state index contributed by atoms with van der Waals surface area (Å²) in [4.78, 5) is 12.6. The normalized spacial score (nSPS) is 20.6. The molecule has 2 unspecified atom stereocenters. The van der Waals surface area contributed by atoms with E-state index in [1.54, 1.807) is 12.1 Å². The number of rotatable bonds is 6. The molecule has 0 aromatic heterocycles. The van der Waals surface area contributed by atoms with Crippen LogP contribution in [0.5, 0.6) is 0 Å². The van der Waals surface area contributed by atoms with Crippen LogP contribution in [0, 0.1) is 11.7 Å². The first-order valence-corrected chi connectivity index (χ1v) is 8.33. The van der Waals surface area contributed by atoms with E-state index in [2.05, 4.69) is 12.1 Å². The van der Waals surface area contributed by atoms with Crippen molar-refractivity contribution in [3.63, 3.8) is 0 Å². The lowest BCUT2D eigenvalue weighted by atomic mass is 9.91. The Labute approximate surface area is 141 Å². The molecule has 24 heavy (non-hydrogen) atoms. The van der Waals surface area contributed by atoms with Gasteiger partial charge in [0.2, 0.25) is 0 Å². The van der Waals surface area contributed by atoms with Gasteiger partial charge in [-0.05, 0) is 42.2 Å². The van der Waals surface area contributed by atoms with Crippen LogP contribution in [0.15, 0.2) is 48.5 Å². The molecule has 0 bridgehead atoms. The number of ketones is 1. The molecule has 0 radical (unpaired) electrons. The molecule has 2 N–H and O–H groups in total. The summed E-state index contributed by atoms with van der Waals surface area (Å²) in [5.74, 6) is -0.272. The van der Waals surface area contributed by atoms with Crippen LogP contribution in [0.3, 0.4) is 0 Å². The number of ether oxygens (including phenoxy) is 1. The van der Waals surface area contributed by atoms with Crippen molar-refractivity contribution in [1.82, 2.24) is 0 Å². The SMILES string of the molecule is CCOC1c2ccccc2CC1CC(=O)[C@@H](N)c1ccc(F)cc1. The first-order chi connectivity index (χ1) is 11.6. The molecule has 1 aliphatic carbocycles. The van der Waals surface area contributed by atoms with E-state index in [-0.39, 0.29) is 23.6 Å². The first-order valence-electron chi connectivity index (χ1n) is 8.33. The Kier molecular flexibility index (Phi) is 5.07. The van der Waals surface area contributed by atoms with Crippen molar-refractivity contribution < 1.29 is 13.9 Å². The Bertz CT molecular complexity index is 714. The van der Waals surface area contributed by atoms with Crippen molar-refractivity contribution in [2.75, 3.05) is 6.61 Å². The van der Waals surface area contributed by atoms with E-state index in [4.69, 9.17) is 10.5 Å². The topological polar surface area (TPSA) is 52.3 Å². The van der Waals surface area contributed by atoms with Crippen LogP contribution in [-0.4, -0.2) is 12.4 Å². The highest BCUT2D eigenvalue weighted by Gasteiger charge is 2.35. The van der Waals surface area contributed by atoms with Gasteiger partial charge < -0.3 is 10.5 Å². The van der Waals surface area contributed by atoms with Gasteiger partial charge in [0, 0.05) is 18.9 Å². The third-order valence-corrected chi connectivity index (χ3v) is 4.66. The van der Waals surface area contributed by atoms with Gasteiger partial charge in [0.1, 0.15) is 5.82 Å². The summed E-state index contributed by atoms with van der Waals surface area (Å²) in [5.41, 5.74) is 9.14. The summed E-state index contributed by atoms with van der Waals surface area (Å²) in [6, 6.07) is 13.2. The van der Waals surface area contributed by atoms with Crippen molar-refractivity contribution in [2.45, 2.75) is 31.9 Å². The molecule has 126 valence electrons. The van der Waals surface area contributed by atoms with E-state index in [9.17, 15) is 9.18 Å². The maximum absolute atomic E-state index is 13.0. The molecular formula is C20H22FNO2. The summed E-state index contributed by atoms with van der Waals surface area (Å²) in [6.45, 7) is 2.57. The van der Waals surface area contributed by atoms with Crippen LogP contribution in [0.25, 0.3) is 0 Å². The van der Waals surface area contributed by atoms with E-state index < -0.39 is 6.04 Å². The second kappa shape index (κ2) is 7.24. The van der Waals surface area contributed by atoms with Gasteiger partial charge in [-0.25, -0.2) is 4.39 Å². The van der Waals surface area contributed by atoms with Gasteiger partial charge in [0.15, 0.2) is 5.78 Å². The molecule has 0 spiro atoms. The van der Waals surface area contributed by atoms with Gasteiger partial charge in [-0.2, -0.15) is 0 Å². The molecule has 1 aliphatic rings. The number of benzene rings is 2. The van der Waals surface area contributed by atoms with Crippen molar-refractivity contribution in [3.05, 3.63) is 71.0 Å². The zero-order valence-corrected chi connectivity index (χ0v) is 13.7. The summed E-state index contributed by atoms with van der Waals surface area (Å²) < 4.78 is 18.9. The Morgan fingerprint density at radius 2 is 1.96 bits per heavy atom. The highest BCUT2D eigenvalue weighted by atomic mass is 19.1. The molecular weight excluding hydrogens is 305 g/mol. The van der Waals surface area contributed by atoms with Gasteiger partial charge in [0.05, 0.1) is 12.1 Å². The number of hydrogen-bond donors (Lipinski definition) is 1. The minimum atomic E-state index is -0.725. The van der Waals surface area contributed by atoms with Crippen molar-refractivity contribution in [2.24, 2.45) is 11.7 Å². The molecule has 0 aliphatic heterocycles. The van der Waals surface area contributed by atoms with Gasteiger partial charge in [-0.1, -0.05) is 36.4 Å². The summed E-state index contributed by atoms with van der Waals surface area (Å²) in [7, 11) is 0. The van der Waals surface area contributed by atoms with E-state index in [0.29, 0.717) is 18.6 Å². The smallest absolute Gasteiger partial charge is 0.154 e. The summed E-state index contributed by atoms with van der Waals surface area (Å²) in [6.07, 6.45) is 1.12. The van der Waals surface area contributed by atoms with Crippen LogP contribution >= 0.6 is 0 Å². The molecule has 3 rings (SSSR count). The van der Waals surface area contributed by atoms with Gasteiger partial charge in [0.25, 0.3) is 0 Å². The van der Waals surface area contributed by atoms with Crippen molar-refractivity contribution in [1.29, 1.82) is 0 Å². The zero-order valence-electron chi connectivity index (χ0n) is 13.7. The van der Waals surface area contributed by atoms with E-state index in [1.165, 1.54) is 23.3 Å². The fourth-order valence-electron chi connectivity index (χ4n) is 3.47. The summed E-state index contributed by atoms with van der Waals surface area (Å²) in [5, 5.41) is 0. The van der Waals surface area contributed by atoms with Crippen LogP contribution in [-0.2, 0) is 16.0 Å². The Hall–Kier alpha value is -2.04. The molecule has 2 aromatic rings. The van der Waals surface area contributed by atoms with Crippen molar-refractivity contribution >= 4 is 5.78 Å². The molecule has 0 amide bonds. The lowest BCUT2D eigenvalue weighted by Gasteiger charge is -2.21. The monoisotopic (exact) mass is 327 g/mol. The summed E-state index contributed by atoms with van der Waals surface area (Å²) >= 11 is 0. The average Bonchev–Trinajstić information content (AvgIpc) is 2.93. The molecule has 0 fully saturated rings. The predicted molar refractivity (Wildman–Crippen MR) is 91.0 cm³/mol. The van der Waals surface area contributed by atoms with E-state index >= 15 is 0 Å². The lowest BCUT2D eigenvalue weighted by molar-refractivity contribution is -0.122. The molecule has 0 heterocycles. The highest BCUT2D eigenvalue weighted by molar-refractivity contribution is 5.85. The number of hydrogen-bond acceptors (Lipinski definition) is 3. The van der Waals surface area contributed by atoms with Crippen LogP contribution in [0.2, 0.25) is 0 Å². The molecule has 2 aromatic carbocycles. The Balaban J connectivity index is 1.73. The average molecular weight is 327 g/mol. The molecule has 0 saturated heterocycles. The molecule has 0 saturated carbocycles. The molecule has 3 atom stereocenters.